The first-order valence-electron chi connectivity index (χ1n) is 6.81. The molecule has 2 N–H and O–H groups in total. The Bertz CT molecular complexity index is 658. The molecule has 0 aliphatic carbocycles. The summed E-state index contributed by atoms with van der Waals surface area (Å²) in [6, 6.07) is 3.03. The summed E-state index contributed by atoms with van der Waals surface area (Å²) in [5.74, 6) is -0.386. The quantitative estimate of drug-likeness (QED) is 0.920. The van der Waals surface area contributed by atoms with Crippen molar-refractivity contribution in [2.45, 2.75) is 25.2 Å². The number of hydrogen-bond donors (Lipinski definition) is 1. The number of nitrogens with zero attached hydrogens (tertiary/aromatic N) is 1. The molecule has 5 nitrogen and oxygen atoms in total. The van der Waals surface area contributed by atoms with Gasteiger partial charge in [-0.3, -0.25) is 4.79 Å². The highest BCUT2D eigenvalue weighted by molar-refractivity contribution is 7.89. The second kappa shape index (κ2) is 5.73. The van der Waals surface area contributed by atoms with Crippen LogP contribution in [0.2, 0.25) is 0 Å². The number of carbonyl (C=O) groups is 1. The minimum Gasteiger partial charge on any atom is -0.338 e. The average Bonchev–Trinajstić information content (AvgIpc) is 2.86. The van der Waals surface area contributed by atoms with Crippen molar-refractivity contribution in [3.05, 3.63) is 29.6 Å². The fourth-order valence-electron chi connectivity index (χ4n) is 2.53. The van der Waals surface area contributed by atoms with Gasteiger partial charge in [-0.15, -0.1) is 0 Å². The Balaban J connectivity index is 2.28. The van der Waals surface area contributed by atoms with E-state index in [1.807, 2.05) is 0 Å². The number of sulfonamides is 1. The maximum Gasteiger partial charge on any atom is 0.256 e. The molecule has 1 unspecified atom stereocenters. The molecule has 1 aromatic rings. The van der Waals surface area contributed by atoms with Gasteiger partial charge in [-0.25, -0.2) is 17.9 Å². The summed E-state index contributed by atoms with van der Waals surface area (Å²) in [5.41, 5.74) is -0.245. The number of benzene rings is 1. The third-order valence-electron chi connectivity index (χ3n) is 3.95. The molecule has 1 fully saturated rings. The van der Waals surface area contributed by atoms with Gasteiger partial charge in [0.15, 0.2) is 0 Å². The summed E-state index contributed by atoms with van der Waals surface area (Å²) in [5, 5.41) is 5.02. The molecule has 1 heterocycles. The van der Waals surface area contributed by atoms with Crippen LogP contribution in [0.25, 0.3) is 0 Å². The largest absolute Gasteiger partial charge is 0.338 e. The van der Waals surface area contributed by atoms with Crippen molar-refractivity contribution in [2.75, 3.05) is 13.1 Å². The highest BCUT2D eigenvalue weighted by Crippen LogP contribution is 2.26. The monoisotopic (exact) mass is 314 g/mol. The number of halogens is 1. The van der Waals surface area contributed by atoms with Crippen LogP contribution >= 0.6 is 0 Å². The molecule has 0 spiro atoms. The van der Waals surface area contributed by atoms with Crippen molar-refractivity contribution in [2.24, 2.45) is 17.0 Å². The molecule has 1 atom stereocenters. The summed E-state index contributed by atoms with van der Waals surface area (Å²) < 4.78 is 36.5. The normalized spacial score (nSPS) is 19.3. The predicted octanol–water partition coefficient (Wildman–Crippen LogP) is 1.59. The molecule has 21 heavy (non-hydrogen) atoms. The second-order valence-corrected chi connectivity index (χ2v) is 7.29. The Morgan fingerprint density at radius 3 is 2.62 bits per heavy atom. The van der Waals surface area contributed by atoms with Crippen LogP contribution in [0.15, 0.2) is 23.1 Å². The molecule has 1 aromatic carbocycles. The lowest BCUT2D eigenvalue weighted by Gasteiger charge is -2.18. The van der Waals surface area contributed by atoms with Gasteiger partial charge in [0.05, 0.1) is 10.5 Å². The van der Waals surface area contributed by atoms with E-state index < -0.39 is 21.7 Å². The van der Waals surface area contributed by atoms with E-state index in [1.165, 1.54) is 0 Å². The molecular weight excluding hydrogens is 295 g/mol. The van der Waals surface area contributed by atoms with Crippen molar-refractivity contribution in [3.8, 4) is 0 Å². The van der Waals surface area contributed by atoms with Crippen molar-refractivity contribution >= 4 is 15.9 Å². The lowest BCUT2D eigenvalue weighted by atomic mass is 9.95. The Labute approximate surface area is 124 Å². The van der Waals surface area contributed by atoms with Crippen LogP contribution in [-0.2, 0) is 10.0 Å². The van der Waals surface area contributed by atoms with E-state index in [1.54, 1.807) is 4.90 Å². The number of carbonyl (C=O) groups excluding carboxylic acids is 1. The highest BCUT2D eigenvalue weighted by Gasteiger charge is 2.30. The fourth-order valence-corrected chi connectivity index (χ4v) is 3.07. The summed E-state index contributed by atoms with van der Waals surface area (Å²) in [6.45, 7) is 5.29. The smallest absolute Gasteiger partial charge is 0.256 e. The van der Waals surface area contributed by atoms with Crippen LogP contribution in [-0.4, -0.2) is 32.3 Å². The van der Waals surface area contributed by atoms with Crippen molar-refractivity contribution in [1.82, 2.24) is 4.90 Å². The Kier molecular flexibility index (Phi) is 4.34. The predicted molar refractivity (Wildman–Crippen MR) is 76.6 cm³/mol. The van der Waals surface area contributed by atoms with Gasteiger partial charge in [0.25, 0.3) is 5.91 Å². The van der Waals surface area contributed by atoms with Crippen LogP contribution in [0.1, 0.15) is 30.6 Å². The molecule has 1 saturated heterocycles. The first kappa shape index (κ1) is 15.9. The van der Waals surface area contributed by atoms with Crippen LogP contribution in [0, 0.1) is 17.7 Å². The number of rotatable bonds is 3. The van der Waals surface area contributed by atoms with Gasteiger partial charge in [-0.2, -0.15) is 0 Å². The lowest BCUT2D eigenvalue weighted by molar-refractivity contribution is 0.0779. The molecule has 2 rings (SSSR count). The Morgan fingerprint density at radius 1 is 1.43 bits per heavy atom. The zero-order valence-electron chi connectivity index (χ0n) is 12.0. The molecule has 1 aliphatic heterocycles. The Morgan fingerprint density at radius 2 is 2.10 bits per heavy atom. The maximum absolute atomic E-state index is 13.8. The first-order chi connectivity index (χ1) is 9.70. The van der Waals surface area contributed by atoms with Gasteiger partial charge >= 0.3 is 0 Å². The molecule has 1 amide bonds. The molecular formula is C14H19FN2O3S. The van der Waals surface area contributed by atoms with Gasteiger partial charge < -0.3 is 4.90 Å². The van der Waals surface area contributed by atoms with Crippen molar-refractivity contribution in [3.63, 3.8) is 0 Å². The average molecular weight is 314 g/mol. The molecule has 0 aromatic heterocycles. The second-order valence-electron chi connectivity index (χ2n) is 5.73. The zero-order valence-corrected chi connectivity index (χ0v) is 12.9. The van der Waals surface area contributed by atoms with E-state index >= 15 is 0 Å². The standard InChI is InChI=1S/C14H19FN2O3S/c1-9(2)10-5-6-17(8-10)14(18)12-7-11(21(16,19)20)3-4-13(12)15/h3-4,7,9-10H,5-6,8H2,1-2H3,(H2,16,19,20). The van der Waals surface area contributed by atoms with Gasteiger partial charge in [-0.1, -0.05) is 13.8 Å². The van der Waals surface area contributed by atoms with Gasteiger partial charge in [0.2, 0.25) is 10.0 Å². The highest BCUT2D eigenvalue weighted by atomic mass is 32.2. The SMILES string of the molecule is CC(C)C1CCN(C(=O)c2cc(S(N)(=O)=O)ccc2F)C1. The number of hydrogen-bond acceptors (Lipinski definition) is 3. The Hall–Kier alpha value is -1.47. The van der Waals surface area contributed by atoms with Crippen molar-refractivity contribution < 1.29 is 17.6 Å². The van der Waals surface area contributed by atoms with E-state index in [9.17, 15) is 17.6 Å². The molecule has 0 bridgehead atoms. The van der Waals surface area contributed by atoms with Gasteiger partial charge in [-0.05, 0) is 36.5 Å². The minimum atomic E-state index is -3.96. The summed E-state index contributed by atoms with van der Waals surface area (Å²) in [7, 11) is -3.96. The van der Waals surface area contributed by atoms with E-state index in [-0.39, 0.29) is 10.5 Å². The zero-order chi connectivity index (χ0) is 15.8. The molecule has 7 heteroatoms. The minimum absolute atomic E-state index is 0.245. The molecule has 0 radical (unpaired) electrons. The summed E-state index contributed by atoms with van der Waals surface area (Å²) >= 11 is 0. The third-order valence-corrected chi connectivity index (χ3v) is 4.86. The maximum atomic E-state index is 13.8. The third kappa shape index (κ3) is 3.41. The number of nitrogens with two attached hydrogens (primary N) is 1. The number of amides is 1. The van der Waals surface area contributed by atoms with Crippen LogP contribution in [0.4, 0.5) is 4.39 Å². The van der Waals surface area contributed by atoms with Crippen LogP contribution < -0.4 is 5.14 Å². The number of primary sulfonamides is 1. The topological polar surface area (TPSA) is 80.5 Å². The van der Waals surface area contributed by atoms with E-state index in [0.717, 1.165) is 24.6 Å². The summed E-state index contributed by atoms with van der Waals surface area (Å²) in [6.07, 6.45) is 0.875. The lowest BCUT2D eigenvalue weighted by Crippen LogP contribution is -2.30. The summed E-state index contributed by atoms with van der Waals surface area (Å²) in [4.78, 5) is 13.7. The van der Waals surface area contributed by atoms with Gasteiger partial charge in [0, 0.05) is 13.1 Å². The molecule has 116 valence electrons. The fraction of sp³-hybridized carbons (Fsp3) is 0.500. The van der Waals surface area contributed by atoms with Crippen molar-refractivity contribution in [1.29, 1.82) is 0 Å². The van der Waals surface area contributed by atoms with Gasteiger partial charge in [0.1, 0.15) is 5.82 Å². The number of likely N-dealkylation sites (tertiary alicyclic amines) is 1. The van der Waals surface area contributed by atoms with E-state index in [4.69, 9.17) is 5.14 Å². The van der Waals surface area contributed by atoms with E-state index in [2.05, 4.69) is 13.8 Å². The molecule has 0 saturated carbocycles. The molecule has 1 aliphatic rings. The van der Waals surface area contributed by atoms with Crippen LogP contribution in [0.5, 0.6) is 0 Å². The van der Waals surface area contributed by atoms with Crippen LogP contribution in [0.3, 0.4) is 0 Å². The van der Waals surface area contributed by atoms with E-state index in [0.29, 0.717) is 24.9 Å². The first-order valence-corrected chi connectivity index (χ1v) is 8.36.